The topological polar surface area (TPSA) is 44.4 Å². The van der Waals surface area contributed by atoms with Gasteiger partial charge in [0.15, 0.2) is 0 Å². The molecule has 0 spiro atoms. The van der Waals surface area contributed by atoms with E-state index in [1.807, 2.05) is 39.5 Å². The van der Waals surface area contributed by atoms with Crippen LogP contribution < -0.4 is 10.6 Å². The lowest BCUT2D eigenvalue weighted by Crippen LogP contribution is -2.37. The highest BCUT2D eigenvalue weighted by molar-refractivity contribution is 7.12. The minimum atomic E-state index is 0. The first-order valence-electron chi connectivity index (χ1n) is 5.71. The lowest BCUT2D eigenvalue weighted by atomic mass is 10.2. The number of amides is 1. The van der Waals surface area contributed by atoms with Crippen LogP contribution in [0.15, 0.2) is 11.4 Å². The van der Waals surface area contributed by atoms with Gasteiger partial charge in [-0.3, -0.25) is 4.79 Å². The van der Waals surface area contributed by atoms with Crippen molar-refractivity contribution in [3.63, 3.8) is 0 Å². The van der Waals surface area contributed by atoms with Crippen molar-refractivity contribution in [2.24, 2.45) is 0 Å². The molecule has 0 aliphatic rings. The third kappa shape index (κ3) is 7.13. The number of nitrogens with one attached hydrogen (secondary N) is 2. The number of rotatable bonds is 6. The van der Waals surface area contributed by atoms with Crippen LogP contribution in [0.1, 0.15) is 22.2 Å². The Morgan fingerprint density at radius 3 is 2.58 bits per heavy atom. The van der Waals surface area contributed by atoms with Crippen molar-refractivity contribution in [3.8, 4) is 0 Å². The van der Waals surface area contributed by atoms with Crippen molar-refractivity contribution in [1.82, 2.24) is 15.5 Å². The van der Waals surface area contributed by atoms with Gasteiger partial charge in [-0.2, -0.15) is 0 Å². The Bertz CT molecular complexity index is 372. The van der Waals surface area contributed by atoms with E-state index in [2.05, 4.69) is 15.5 Å². The molecule has 0 saturated carbocycles. The van der Waals surface area contributed by atoms with Crippen molar-refractivity contribution < 1.29 is 4.79 Å². The second-order valence-corrected chi connectivity index (χ2v) is 5.33. The SMILES string of the molecule is CNC(C)CNC(=O)c1sccc1CN(C)C.Cl.Cl. The average Bonchev–Trinajstić information content (AvgIpc) is 2.72. The van der Waals surface area contributed by atoms with Gasteiger partial charge in [-0.05, 0) is 45.1 Å². The molecule has 1 heterocycles. The second kappa shape index (κ2) is 10.5. The molecule has 0 aromatic carbocycles. The van der Waals surface area contributed by atoms with Gasteiger partial charge in [0.2, 0.25) is 0 Å². The smallest absolute Gasteiger partial charge is 0.261 e. The van der Waals surface area contributed by atoms with Crippen molar-refractivity contribution in [1.29, 1.82) is 0 Å². The van der Waals surface area contributed by atoms with Crippen molar-refractivity contribution in [2.75, 3.05) is 27.7 Å². The van der Waals surface area contributed by atoms with Crippen LogP contribution in [0, 0.1) is 0 Å². The predicted molar refractivity (Wildman–Crippen MR) is 87.1 cm³/mol. The zero-order chi connectivity index (χ0) is 12.8. The van der Waals surface area contributed by atoms with Gasteiger partial charge in [-0.25, -0.2) is 0 Å². The number of likely N-dealkylation sites (N-methyl/N-ethyl adjacent to an activating group) is 1. The number of hydrogen-bond acceptors (Lipinski definition) is 4. The Hall–Kier alpha value is -0.330. The molecule has 1 rings (SSSR count). The van der Waals surface area contributed by atoms with Gasteiger partial charge >= 0.3 is 0 Å². The zero-order valence-corrected chi connectivity index (χ0v) is 14.2. The molecule has 0 radical (unpaired) electrons. The summed E-state index contributed by atoms with van der Waals surface area (Å²) in [6.07, 6.45) is 0. The van der Waals surface area contributed by atoms with Crippen molar-refractivity contribution in [2.45, 2.75) is 19.5 Å². The summed E-state index contributed by atoms with van der Waals surface area (Å²) in [6.45, 7) is 3.48. The van der Waals surface area contributed by atoms with Gasteiger partial charge in [0.1, 0.15) is 0 Å². The predicted octanol–water partition coefficient (Wildman–Crippen LogP) is 1.99. The van der Waals surface area contributed by atoms with Gasteiger partial charge in [0, 0.05) is 19.1 Å². The van der Waals surface area contributed by atoms with E-state index in [1.54, 1.807) is 0 Å². The Labute approximate surface area is 131 Å². The molecule has 4 nitrogen and oxygen atoms in total. The fraction of sp³-hybridized carbons (Fsp3) is 0.583. The fourth-order valence-corrected chi connectivity index (χ4v) is 2.26. The Morgan fingerprint density at radius 2 is 2.05 bits per heavy atom. The number of halogens is 2. The Kier molecular flexibility index (Phi) is 11.5. The van der Waals surface area contributed by atoms with Gasteiger partial charge in [-0.1, -0.05) is 0 Å². The molecule has 2 N–H and O–H groups in total. The first-order valence-corrected chi connectivity index (χ1v) is 6.59. The third-order valence-corrected chi connectivity index (χ3v) is 3.46. The molecule has 0 aliphatic heterocycles. The molecular weight excluding hydrogens is 305 g/mol. The van der Waals surface area contributed by atoms with Crippen LogP contribution >= 0.6 is 36.2 Å². The van der Waals surface area contributed by atoms with E-state index in [0.29, 0.717) is 6.54 Å². The highest BCUT2D eigenvalue weighted by Crippen LogP contribution is 2.17. The standard InChI is InChI=1S/C12H21N3OS.2ClH/c1-9(13-2)7-14-12(16)11-10(5-6-17-11)8-15(3)4;;/h5-6,9,13H,7-8H2,1-4H3,(H,14,16);2*1H. The van der Waals surface area contributed by atoms with E-state index in [0.717, 1.165) is 17.0 Å². The van der Waals surface area contributed by atoms with Gasteiger partial charge < -0.3 is 15.5 Å². The van der Waals surface area contributed by atoms with E-state index in [-0.39, 0.29) is 36.8 Å². The van der Waals surface area contributed by atoms with Crippen molar-refractivity contribution >= 4 is 42.1 Å². The van der Waals surface area contributed by atoms with E-state index in [1.165, 1.54) is 11.3 Å². The average molecular weight is 328 g/mol. The first-order chi connectivity index (χ1) is 8.04. The zero-order valence-electron chi connectivity index (χ0n) is 11.7. The van der Waals surface area contributed by atoms with Crippen LogP contribution in [0.5, 0.6) is 0 Å². The second-order valence-electron chi connectivity index (χ2n) is 4.41. The van der Waals surface area contributed by atoms with Crippen LogP contribution in [0.2, 0.25) is 0 Å². The van der Waals surface area contributed by atoms with E-state index in [9.17, 15) is 4.79 Å². The van der Waals surface area contributed by atoms with Gasteiger partial charge in [0.05, 0.1) is 4.88 Å². The lowest BCUT2D eigenvalue weighted by molar-refractivity contribution is 0.0953. The first kappa shape index (κ1) is 21.0. The maximum absolute atomic E-state index is 12.0. The Balaban J connectivity index is 0. The van der Waals surface area contributed by atoms with Crippen LogP contribution in [0.25, 0.3) is 0 Å². The lowest BCUT2D eigenvalue weighted by Gasteiger charge is -2.13. The summed E-state index contributed by atoms with van der Waals surface area (Å²) in [6, 6.07) is 2.30. The van der Waals surface area contributed by atoms with Gasteiger partial charge in [0.25, 0.3) is 5.91 Å². The number of hydrogen-bond donors (Lipinski definition) is 2. The molecule has 0 bridgehead atoms. The Morgan fingerprint density at radius 1 is 1.42 bits per heavy atom. The highest BCUT2D eigenvalue weighted by atomic mass is 35.5. The number of carbonyl (C=O) groups excluding carboxylic acids is 1. The van der Waals surface area contributed by atoms with Crippen LogP contribution in [-0.4, -0.2) is 44.5 Å². The molecule has 0 fully saturated rings. The van der Waals surface area contributed by atoms with Crippen molar-refractivity contribution in [3.05, 3.63) is 21.9 Å². The maximum Gasteiger partial charge on any atom is 0.261 e. The minimum Gasteiger partial charge on any atom is -0.350 e. The minimum absolute atomic E-state index is 0. The molecule has 19 heavy (non-hydrogen) atoms. The molecule has 1 aromatic rings. The van der Waals surface area contributed by atoms with E-state index < -0.39 is 0 Å². The molecule has 0 aliphatic carbocycles. The molecule has 0 saturated heterocycles. The third-order valence-electron chi connectivity index (χ3n) is 2.50. The van der Waals surface area contributed by atoms with E-state index >= 15 is 0 Å². The number of carbonyl (C=O) groups is 1. The molecule has 1 amide bonds. The monoisotopic (exact) mass is 327 g/mol. The van der Waals surface area contributed by atoms with E-state index in [4.69, 9.17) is 0 Å². The largest absolute Gasteiger partial charge is 0.350 e. The summed E-state index contributed by atoms with van der Waals surface area (Å²) >= 11 is 1.50. The number of thiophene rings is 1. The highest BCUT2D eigenvalue weighted by Gasteiger charge is 2.13. The molecule has 1 atom stereocenters. The van der Waals surface area contributed by atoms with Crippen LogP contribution in [0.3, 0.4) is 0 Å². The summed E-state index contributed by atoms with van der Waals surface area (Å²) in [4.78, 5) is 14.9. The summed E-state index contributed by atoms with van der Waals surface area (Å²) in [7, 11) is 5.89. The summed E-state index contributed by atoms with van der Waals surface area (Å²) < 4.78 is 0. The molecule has 1 aromatic heterocycles. The molecular formula is C12H23Cl2N3OS. The maximum atomic E-state index is 12.0. The molecule has 7 heteroatoms. The summed E-state index contributed by atoms with van der Waals surface area (Å²) in [5.74, 6) is 0.0268. The molecule has 1 unspecified atom stereocenters. The van der Waals surface area contributed by atoms with Crippen LogP contribution in [0.4, 0.5) is 0 Å². The fourth-order valence-electron chi connectivity index (χ4n) is 1.43. The normalized spacial score (nSPS) is 11.4. The van der Waals surface area contributed by atoms with Gasteiger partial charge in [-0.15, -0.1) is 36.2 Å². The van der Waals surface area contributed by atoms with Crippen LogP contribution in [-0.2, 0) is 6.54 Å². The number of nitrogens with zero attached hydrogens (tertiary/aromatic N) is 1. The quantitative estimate of drug-likeness (QED) is 0.839. The summed E-state index contributed by atoms with van der Waals surface area (Å²) in [5.41, 5.74) is 1.09. The molecule has 112 valence electrons. The summed E-state index contributed by atoms with van der Waals surface area (Å²) in [5, 5.41) is 8.00.